The van der Waals surface area contributed by atoms with Gasteiger partial charge in [-0.2, -0.15) is 0 Å². The van der Waals surface area contributed by atoms with Gasteiger partial charge < -0.3 is 4.74 Å². The van der Waals surface area contributed by atoms with Gasteiger partial charge >= 0.3 is 5.97 Å². The third-order valence-electron chi connectivity index (χ3n) is 5.42. The van der Waals surface area contributed by atoms with E-state index in [9.17, 15) is 4.79 Å². The van der Waals surface area contributed by atoms with Crippen molar-refractivity contribution in [2.75, 3.05) is 6.61 Å². The number of pyridine rings is 1. The van der Waals surface area contributed by atoms with E-state index in [1.54, 1.807) is 0 Å². The van der Waals surface area contributed by atoms with E-state index in [1.165, 1.54) is 0 Å². The van der Waals surface area contributed by atoms with Crippen LogP contribution in [-0.2, 0) is 14.9 Å². The number of hydrogen-bond acceptors (Lipinski definition) is 3. The highest BCUT2D eigenvalue weighted by Crippen LogP contribution is 2.53. The summed E-state index contributed by atoms with van der Waals surface area (Å²) >= 11 is 6.36. The highest BCUT2D eigenvalue weighted by Gasteiger charge is 2.45. The molecular weight excluding hydrogens is 358 g/mol. The molecule has 4 rings (SSSR count). The smallest absolute Gasteiger partial charge is 0.307 e. The Hall–Kier alpha value is -2.39. The minimum atomic E-state index is -0.451. The van der Waals surface area contributed by atoms with Gasteiger partial charge in [0, 0.05) is 21.4 Å². The fraction of sp³-hybridized carbons (Fsp3) is 0.304. The highest BCUT2D eigenvalue weighted by molar-refractivity contribution is 6.30. The van der Waals surface area contributed by atoms with Gasteiger partial charge in [0.05, 0.1) is 24.2 Å². The Morgan fingerprint density at radius 2 is 1.93 bits per heavy atom. The Morgan fingerprint density at radius 1 is 1.11 bits per heavy atom. The number of nitrogens with zero attached hydrogens (tertiary/aromatic N) is 1. The molecule has 3 nitrogen and oxygen atoms in total. The number of hydrogen-bond donors (Lipinski definition) is 0. The molecule has 27 heavy (non-hydrogen) atoms. The van der Waals surface area contributed by atoms with Crippen molar-refractivity contribution in [3.05, 3.63) is 64.7 Å². The number of para-hydroxylation sites is 1. The number of ether oxygens (including phenoxy) is 1. The summed E-state index contributed by atoms with van der Waals surface area (Å²) in [6.45, 7) is 4.36. The van der Waals surface area contributed by atoms with E-state index in [4.69, 9.17) is 21.3 Å². The summed E-state index contributed by atoms with van der Waals surface area (Å²) in [5.74, 6) is -0.183. The van der Waals surface area contributed by atoms with Crippen molar-refractivity contribution in [3.63, 3.8) is 0 Å². The van der Waals surface area contributed by atoms with Crippen molar-refractivity contribution < 1.29 is 9.53 Å². The van der Waals surface area contributed by atoms with Crippen molar-refractivity contribution in [1.82, 2.24) is 4.98 Å². The fourth-order valence-corrected chi connectivity index (χ4v) is 4.56. The van der Waals surface area contributed by atoms with E-state index in [0.29, 0.717) is 18.1 Å². The fourth-order valence-electron chi connectivity index (χ4n) is 4.38. The average molecular weight is 380 g/mol. The quantitative estimate of drug-likeness (QED) is 0.517. The molecule has 1 atom stereocenters. The standard InChI is InChI=1S/C23H22ClNO2/c1-3-11-23(14-21(26)27-4-2)18-13-16(24)9-10-17(18)22-19(23)12-15-7-5-6-8-20(15)25-22/h5-10,12-13H,3-4,11,14H2,1-2H3. The Balaban J connectivity index is 2.01. The first-order valence-electron chi connectivity index (χ1n) is 9.45. The summed E-state index contributed by atoms with van der Waals surface area (Å²) in [6.07, 6.45) is 2.08. The maximum Gasteiger partial charge on any atom is 0.307 e. The second-order valence-electron chi connectivity index (χ2n) is 7.08. The summed E-state index contributed by atoms with van der Waals surface area (Å²) in [7, 11) is 0. The van der Waals surface area contributed by atoms with Crippen LogP contribution in [0.5, 0.6) is 0 Å². The van der Waals surface area contributed by atoms with E-state index in [-0.39, 0.29) is 5.97 Å². The van der Waals surface area contributed by atoms with E-state index < -0.39 is 5.41 Å². The number of carbonyl (C=O) groups excluding carboxylic acids is 1. The Labute approximate surface area is 164 Å². The van der Waals surface area contributed by atoms with Gasteiger partial charge in [0.2, 0.25) is 0 Å². The first-order chi connectivity index (χ1) is 13.1. The lowest BCUT2D eigenvalue weighted by molar-refractivity contribution is -0.144. The van der Waals surface area contributed by atoms with Crippen LogP contribution in [0.2, 0.25) is 5.02 Å². The SMILES string of the molecule is CCCC1(CC(=O)OCC)c2cc(Cl)ccc2-c2nc3ccccc3cc21. The minimum Gasteiger partial charge on any atom is -0.466 e. The molecule has 1 unspecified atom stereocenters. The molecule has 1 heterocycles. The van der Waals surface area contributed by atoms with E-state index >= 15 is 0 Å². The van der Waals surface area contributed by atoms with Gasteiger partial charge in [0.1, 0.15) is 0 Å². The van der Waals surface area contributed by atoms with Gasteiger partial charge in [-0.3, -0.25) is 4.79 Å². The third-order valence-corrected chi connectivity index (χ3v) is 5.66. The molecule has 0 aliphatic heterocycles. The van der Waals surface area contributed by atoms with Crippen molar-refractivity contribution in [1.29, 1.82) is 0 Å². The molecule has 1 aromatic heterocycles. The zero-order valence-corrected chi connectivity index (χ0v) is 16.3. The van der Waals surface area contributed by atoms with E-state index in [2.05, 4.69) is 19.1 Å². The van der Waals surface area contributed by atoms with Gasteiger partial charge in [0.25, 0.3) is 0 Å². The number of aromatic nitrogens is 1. The van der Waals surface area contributed by atoms with Crippen LogP contribution in [0.4, 0.5) is 0 Å². The van der Waals surface area contributed by atoms with Gasteiger partial charge in [0.15, 0.2) is 0 Å². The van der Waals surface area contributed by atoms with Crippen LogP contribution in [0, 0.1) is 0 Å². The van der Waals surface area contributed by atoms with Crippen molar-refractivity contribution in [2.24, 2.45) is 0 Å². The molecule has 3 aromatic rings. The zero-order chi connectivity index (χ0) is 19.0. The zero-order valence-electron chi connectivity index (χ0n) is 15.6. The largest absolute Gasteiger partial charge is 0.466 e. The van der Waals surface area contributed by atoms with Crippen molar-refractivity contribution in [2.45, 2.75) is 38.5 Å². The Bertz CT molecular complexity index is 1030. The minimum absolute atomic E-state index is 0.183. The number of rotatable bonds is 5. The first-order valence-corrected chi connectivity index (χ1v) is 9.83. The lowest BCUT2D eigenvalue weighted by Gasteiger charge is -2.31. The molecule has 4 heteroatoms. The summed E-state index contributed by atoms with van der Waals surface area (Å²) in [4.78, 5) is 17.5. The molecule has 0 saturated heterocycles. The van der Waals surface area contributed by atoms with Crippen LogP contribution in [0.3, 0.4) is 0 Å². The summed E-state index contributed by atoms with van der Waals surface area (Å²) in [5.41, 5.74) is 4.72. The van der Waals surface area contributed by atoms with Crippen LogP contribution < -0.4 is 0 Å². The predicted molar refractivity (Wildman–Crippen MR) is 109 cm³/mol. The van der Waals surface area contributed by atoms with Gasteiger partial charge in [-0.25, -0.2) is 4.98 Å². The average Bonchev–Trinajstić information content (AvgIpc) is 2.89. The van der Waals surface area contributed by atoms with Crippen molar-refractivity contribution in [3.8, 4) is 11.3 Å². The molecule has 0 bridgehead atoms. The third kappa shape index (κ3) is 2.90. The molecular formula is C23H22ClNO2. The highest BCUT2D eigenvalue weighted by atomic mass is 35.5. The molecule has 0 N–H and O–H groups in total. The number of benzene rings is 2. The molecule has 1 aliphatic rings. The van der Waals surface area contributed by atoms with Crippen LogP contribution in [0.25, 0.3) is 22.2 Å². The number of fused-ring (bicyclic) bond motifs is 4. The second-order valence-corrected chi connectivity index (χ2v) is 7.52. The monoisotopic (exact) mass is 379 g/mol. The number of esters is 1. The maximum atomic E-state index is 12.6. The lowest BCUT2D eigenvalue weighted by Crippen LogP contribution is -2.29. The topological polar surface area (TPSA) is 39.2 Å². The van der Waals surface area contributed by atoms with Crippen LogP contribution >= 0.6 is 11.6 Å². The first kappa shape index (κ1) is 18.0. The van der Waals surface area contributed by atoms with E-state index in [0.717, 1.165) is 46.1 Å². The molecule has 0 fully saturated rings. The molecule has 0 amide bonds. The lowest BCUT2D eigenvalue weighted by atomic mass is 9.72. The summed E-state index contributed by atoms with van der Waals surface area (Å²) in [6, 6.07) is 16.2. The molecule has 0 saturated carbocycles. The van der Waals surface area contributed by atoms with Crippen molar-refractivity contribution >= 4 is 28.5 Å². The predicted octanol–water partition coefficient (Wildman–Crippen LogP) is 5.91. The number of halogens is 1. The molecule has 1 aliphatic carbocycles. The number of carbonyl (C=O) groups is 1. The second kappa shape index (κ2) is 6.97. The molecule has 0 spiro atoms. The summed E-state index contributed by atoms with van der Waals surface area (Å²) in [5, 5.41) is 1.76. The van der Waals surface area contributed by atoms with Gasteiger partial charge in [-0.15, -0.1) is 0 Å². The van der Waals surface area contributed by atoms with Gasteiger partial charge in [-0.1, -0.05) is 49.2 Å². The molecule has 2 aromatic carbocycles. The van der Waals surface area contributed by atoms with E-state index in [1.807, 2.05) is 43.3 Å². The summed E-state index contributed by atoms with van der Waals surface area (Å²) < 4.78 is 5.33. The maximum absolute atomic E-state index is 12.6. The van der Waals surface area contributed by atoms with Crippen LogP contribution in [0.15, 0.2) is 48.5 Å². The van der Waals surface area contributed by atoms with Crippen LogP contribution in [0.1, 0.15) is 44.2 Å². The Kier molecular flexibility index (Phi) is 4.65. The van der Waals surface area contributed by atoms with Crippen LogP contribution in [-0.4, -0.2) is 17.6 Å². The Morgan fingerprint density at radius 3 is 2.70 bits per heavy atom. The normalized spacial score (nSPS) is 17.6. The molecule has 0 radical (unpaired) electrons. The molecule has 138 valence electrons. The van der Waals surface area contributed by atoms with Gasteiger partial charge in [-0.05, 0) is 48.7 Å².